The molecule has 2 aromatic rings. The van der Waals surface area contributed by atoms with Crippen molar-refractivity contribution in [3.8, 4) is 0 Å². The van der Waals surface area contributed by atoms with Crippen molar-refractivity contribution in [2.45, 2.75) is 6.54 Å². The van der Waals surface area contributed by atoms with E-state index in [4.69, 9.17) is 5.11 Å². The fourth-order valence-electron chi connectivity index (χ4n) is 1.64. The molecule has 0 spiro atoms. The van der Waals surface area contributed by atoms with E-state index in [1.165, 1.54) is 29.0 Å². The molecule has 0 bridgehead atoms. The van der Waals surface area contributed by atoms with Gasteiger partial charge in [-0.2, -0.15) is 0 Å². The highest BCUT2D eigenvalue weighted by Gasteiger charge is 2.09. The molecule has 1 aromatic heterocycles. The van der Waals surface area contributed by atoms with E-state index in [1.54, 1.807) is 6.07 Å². The number of benzene rings is 1. The summed E-state index contributed by atoms with van der Waals surface area (Å²) in [4.78, 5) is 22.4. The average Bonchev–Trinajstić information content (AvgIpc) is 2.36. The Morgan fingerprint density at radius 3 is 2.74 bits per heavy atom. The van der Waals surface area contributed by atoms with Crippen molar-refractivity contribution in [2.75, 3.05) is 0 Å². The van der Waals surface area contributed by atoms with E-state index in [-0.39, 0.29) is 23.2 Å². The van der Waals surface area contributed by atoms with Crippen LogP contribution in [0.15, 0.2) is 45.8 Å². The van der Waals surface area contributed by atoms with E-state index in [0.717, 1.165) is 6.07 Å². The van der Waals surface area contributed by atoms with Crippen molar-refractivity contribution >= 4 is 21.9 Å². The van der Waals surface area contributed by atoms with Gasteiger partial charge in [0.2, 0.25) is 0 Å². The molecule has 98 valence electrons. The molecule has 19 heavy (non-hydrogen) atoms. The van der Waals surface area contributed by atoms with Crippen molar-refractivity contribution in [2.24, 2.45) is 0 Å². The Hall–Kier alpha value is -1.95. The van der Waals surface area contributed by atoms with Crippen LogP contribution in [0.1, 0.15) is 15.9 Å². The van der Waals surface area contributed by atoms with Gasteiger partial charge in [-0.05, 0) is 40.2 Å². The molecule has 0 aliphatic rings. The van der Waals surface area contributed by atoms with Crippen LogP contribution in [-0.4, -0.2) is 15.6 Å². The minimum Gasteiger partial charge on any atom is -0.478 e. The fourth-order valence-corrected chi connectivity index (χ4v) is 2.02. The van der Waals surface area contributed by atoms with Crippen LogP contribution in [0.2, 0.25) is 0 Å². The number of rotatable bonds is 3. The van der Waals surface area contributed by atoms with Gasteiger partial charge >= 0.3 is 5.97 Å². The Labute approximate surface area is 116 Å². The normalized spacial score (nSPS) is 10.4. The van der Waals surface area contributed by atoms with Gasteiger partial charge in [-0.1, -0.05) is 0 Å². The summed E-state index contributed by atoms with van der Waals surface area (Å²) >= 11 is 3.22. The molecule has 1 heterocycles. The van der Waals surface area contributed by atoms with Crippen LogP contribution in [-0.2, 0) is 6.54 Å². The molecule has 1 N–H and O–H groups in total. The number of pyridine rings is 1. The van der Waals surface area contributed by atoms with Gasteiger partial charge in [-0.25, -0.2) is 9.18 Å². The molecular formula is C13H9BrFNO3. The number of halogens is 2. The van der Waals surface area contributed by atoms with Crippen molar-refractivity contribution in [3.05, 3.63) is 68.3 Å². The van der Waals surface area contributed by atoms with Gasteiger partial charge in [0, 0.05) is 22.3 Å². The van der Waals surface area contributed by atoms with E-state index in [9.17, 15) is 14.0 Å². The molecule has 0 saturated heterocycles. The second kappa shape index (κ2) is 5.36. The number of carboxylic acids is 1. The van der Waals surface area contributed by atoms with Gasteiger partial charge in [0.1, 0.15) is 5.82 Å². The van der Waals surface area contributed by atoms with Crippen LogP contribution < -0.4 is 5.56 Å². The van der Waals surface area contributed by atoms with Crippen LogP contribution in [0, 0.1) is 5.82 Å². The molecule has 6 heteroatoms. The number of hydrogen-bond donors (Lipinski definition) is 1. The van der Waals surface area contributed by atoms with Gasteiger partial charge in [-0.15, -0.1) is 0 Å². The smallest absolute Gasteiger partial charge is 0.335 e. The summed E-state index contributed by atoms with van der Waals surface area (Å²) in [5.41, 5.74) is -0.150. The van der Waals surface area contributed by atoms with E-state index in [1.807, 2.05) is 0 Å². The second-order valence-electron chi connectivity index (χ2n) is 3.92. The Balaban J connectivity index is 2.43. The number of carbonyl (C=O) groups is 1. The lowest BCUT2D eigenvalue weighted by Gasteiger charge is -2.08. The highest BCUT2D eigenvalue weighted by molar-refractivity contribution is 9.10. The zero-order chi connectivity index (χ0) is 14.0. The van der Waals surface area contributed by atoms with Gasteiger partial charge in [-0.3, -0.25) is 4.79 Å². The summed E-state index contributed by atoms with van der Waals surface area (Å²) < 4.78 is 15.6. The first kappa shape index (κ1) is 13.5. The maximum Gasteiger partial charge on any atom is 0.335 e. The molecule has 0 atom stereocenters. The Bertz CT molecular complexity index is 697. The first-order valence-electron chi connectivity index (χ1n) is 5.35. The van der Waals surface area contributed by atoms with E-state index in [2.05, 4.69) is 15.9 Å². The molecule has 0 aliphatic carbocycles. The van der Waals surface area contributed by atoms with Crippen LogP contribution in [0.5, 0.6) is 0 Å². The lowest BCUT2D eigenvalue weighted by molar-refractivity contribution is 0.0696. The minimum atomic E-state index is -1.14. The SMILES string of the molecule is O=C(O)c1ccc(F)c(Cn2cc(Br)ccc2=O)c1. The van der Waals surface area contributed by atoms with Gasteiger partial charge in [0.05, 0.1) is 12.1 Å². The van der Waals surface area contributed by atoms with Gasteiger partial charge in [0.25, 0.3) is 5.56 Å². The summed E-state index contributed by atoms with van der Waals surface area (Å²) in [7, 11) is 0. The zero-order valence-corrected chi connectivity index (χ0v) is 11.2. The first-order chi connectivity index (χ1) is 8.97. The van der Waals surface area contributed by atoms with Crippen molar-refractivity contribution < 1.29 is 14.3 Å². The molecule has 4 nitrogen and oxygen atoms in total. The third kappa shape index (κ3) is 3.08. The molecule has 1 aromatic carbocycles. The topological polar surface area (TPSA) is 59.3 Å². The molecule has 0 amide bonds. The maximum atomic E-state index is 13.6. The predicted octanol–water partition coefficient (Wildman–Crippen LogP) is 2.50. The minimum absolute atomic E-state index is 0.0144. The summed E-state index contributed by atoms with van der Waals surface area (Å²) in [6.07, 6.45) is 1.52. The van der Waals surface area contributed by atoms with E-state index in [0.29, 0.717) is 4.47 Å². The zero-order valence-electron chi connectivity index (χ0n) is 9.64. The van der Waals surface area contributed by atoms with E-state index < -0.39 is 11.8 Å². The molecule has 0 aliphatic heterocycles. The third-order valence-corrected chi connectivity index (χ3v) is 3.05. The molecule has 0 radical (unpaired) electrons. The van der Waals surface area contributed by atoms with Gasteiger partial charge in [0.15, 0.2) is 0 Å². The van der Waals surface area contributed by atoms with Crippen LogP contribution >= 0.6 is 15.9 Å². The van der Waals surface area contributed by atoms with Crippen molar-refractivity contribution in [3.63, 3.8) is 0 Å². The number of aromatic nitrogens is 1. The number of aromatic carboxylic acids is 1. The van der Waals surface area contributed by atoms with Crippen molar-refractivity contribution in [1.29, 1.82) is 0 Å². The van der Waals surface area contributed by atoms with E-state index >= 15 is 0 Å². The standard InChI is InChI=1S/C13H9BrFNO3/c14-10-2-4-12(17)16(7-10)6-9-5-8(13(18)19)1-3-11(9)15/h1-5,7H,6H2,(H,18,19). The summed E-state index contributed by atoms with van der Waals surface area (Å²) in [6, 6.07) is 6.43. The second-order valence-corrected chi connectivity index (χ2v) is 4.84. The van der Waals surface area contributed by atoms with Crippen LogP contribution in [0.3, 0.4) is 0 Å². The van der Waals surface area contributed by atoms with Crippen molar-refractivity contribution in [1.82, 2.24) is 4.57 Å². The summed E-state index contributed by atoms with van der Waals surface area (Å²) in [5, 5.41) is 8.87. The highest BCUT2D eigenvalue weighted by atomic mass is 79.9. The predicted molar refractivity (Wildman–Crippen MR) is 70.9 cm³/mol. The third-order valence-electron chi connectivity index (χ3n) is 2.58. The number of nitrogens with zero attached hydrogens (tertiary/aromatic N) is 1. The van der Waals surface area contributed by atoms with Gasteiger partial charge < -0.3 is 9.67 Å². The largest absolute Gasteiger partial charge is 0.478 e. The molecule has 0 saturated carbocycles. The highest BCUT2D eigenvalue weighted by Crippen LogP contribution is 2.13. The Morgan fingerprint density at radius 1 is 1.32 bits per heavy atom. The molecule has 0 fully saturated rings. The Morgan fingerprint density at radius 2 is 2.05 bits per heavy atom. The van der Waals surface area contributed by atoms with Crippen LogP contribution in [0.4, 0.5) is 4.39 Å². The summed E-state index contributed by atoms with van der Waals surface area (Å²) in [5.74, 6) is -1.68. The quantitative estimate of drug-likeness (QED) is 0.943. The number of carboxylic acid groups (broad SMARTS) is 1. The first-order valence-corrected chi connectivity index (χ1v) is 6.14. The molecule has 2 rings (SSSR count). The lowest BCUT2D eigenvalue weighted by atomic mass is 10.1. The Kier molecular flexibility index (Phi) is 3.80. The maximum absolute atomic E-state index is 13.6. The lowest BCUT2D eigenvalue weighted by Crippen LogP contribution is -2.19. The summed E-state index contributed by atoms with van der Waals surface area (Å²) in [6.45, 7) is -0.0226. The average molecular weight is 326 g/mol. The molecular weight excluding hydrogens is 317 g/mol. The molecule has 0 unspecified atom stereocenters. The monoisotopic (exact) mass is 325 g/mol. The fraction of sp³-hybridized carbons (Fsp3) is 0.0769. The van der Waals surface area contributed by atoms with Crippen LogP contribution in [0.25, 0.3) is 0 Å². The number of hydrogen-bond acceptors (Lipinski definition) is 2.